The van der Waals surface area contributed by atoms with Crippen LogP contribution in [0.15, 0.2) is 0 Å². The van der Waals surface area contributed by atoms with Crippen molar-refractivity contribution in [3.05, 3.63) is 0 Å². The fourth-order valence-corrected chi connectivity index (χ4v) is 3.08. The zero-order chi connectivity index (χ0) is 16.0. The third-order valence-electron chi connectivity index (χ3n) is 4.48. The van der Waals surface area contributed by atoms with Gasteiger partial charge in [0.2, 0.25) is 11.8 Å². The number of carbonyl (C=O) groups excluding carboxylic acids is 2. The van der Waals surface area contributed by atoms with Crippen molar-refractivity contribution in [1.29, 1.82) is 0 Å². The average Bonchev–Trinajstić information content (AvgIpc) is 2.67. The van der Waals surface area contributed by atoms with Crippen LogP contribution >= 0.6 is 0 Å². The molecule has 21 heavy (non-hydrogen) atoms. The molecule has 0 aromatic carbocycles. The van der Waals surface area contributed by atoms with Gasteiger partial charge in [-0.1, -0.05) is 20.8 Å². The van der Waals surface area contributed by atoms with Crippen LogP contribution in [0.25, 0.3) is 0 Å². The predicted molar refractivity (Wildman–Crippen MR) is 80.7 cm³/mol. The van der Waals surface area contributed by atoms with Crippen LogP contribution in [0.2, 0.25) is 0 Å². The van der Waals surface area contributed by atoms with Crippen molar-refractivity contribution in [1.82, 2.24) is 10.2 Å². The van der Waals surface area contributed by atoms with Gasteiger partial charge in [-0.2, -0.15) is 0 Å². The molecule has 2 aliphatic rings. The van der Waals surface area contributed by atoms with Crippen LogP contribution < -0.4 is 5.32 Å². The molecule has 0 aromatic rings. The summed E-state index contributed by atoms with van der Waals surface area (Å²) in [6.07, 6.45) is 1.95. The van der Waals surface area contributed by atoms with Crippen LogP contribution in [-0.2, 0) is 14.3 Å². The second-order valence-electron chi connectivity index (χ2n) is 8.01. The summed E-state index contributed by atoms with van der Waals surface area (Å²) in [5.74, 6) is -0.0744. The second kappa shape index (κ2) is 5.27. The first-order chi connectivity index (χ1) is 9.51. The molecule has 120 valence electrons. The number of amides is 2. The Morgan fingerprint density at radius 3 is 2.43 bits per heavy atom. The van der Waals surface area contributed by atoms with E-state index in [1.165, 1.54) is 0 Å². The maximum absolute atomic E-state index is 12.7. The summed E-state index contributed by atoms with van der Waals surface area (Å²) in [6.45, 7) is 12.3. The van der Waals surface area contributed by atoms with E-state index in [-0.39, 0.29) is 28.9 Å². The summed E-state index contributed by atoms with van der Waals surface area (Å²) in [7, 11) is 0. The van der Waals surface area contributed by atoms with Gasteiger partial charge in [-0.15, -0.1) is 0 Å². The van der Waals surface area contributed by atoms with Gasteiger partial charge in [0, 0.05) is 6.54 Å². The molecule has 0 radical (unpaired) electrons. The monoisotopic (exact) mass is 296 g/mol. The van der Waals surface area contributed by atoms with Crippen molar-refractivity contribution >= 4 is 11.8 Å². The highest BCUT2D eigenvalue weighted by Gasteiger charge is 2.45. The molecule has 2 amide bonds. The highest BCUT2D eigenvalue weighted by atomic mass is 16.5. The molecule has 2 fully saturated rings. The van der Waals surface area contributed by atoms with Crippen molar-refractivity contribution in [2.45, 2.75) is 78.2 Å². The lowest BCUT2D eigenvalue weighted by Gasteiger charge is -2.43. The minimum atomic E-state index is -0.462. The quantitative estimate of drug-likeness (QED) is 0.844. The lowest BCUT2D eigenvalue weighted by atomic mass is 9.84. The van der Waals surface area contributed by atoms with Crippen molar-refractivity contribution in [3.63, 3.8) is 0 Å². The molecule has 2 saturated heterocycles. The van der Waals surface area contributed by atoms with E-state index in [1.54, 1.807) is 11.8 Å². The van der Waals surface area contributed by atoms with E-state index in [4.69, 9.17) is 4.74 Å². The molecule has 0 spiro atoms. The summed E-state index contributed by atoms with van der Waals surface area (Å²) in [5, 5.41) is 2.86. The molecule has 1 N–H and O–H groups in total. The fraction of sp³-hybridized carbons (Fsp3) is 0.875. The maximum atomic E-state index is 12.7. The molecular formula is C16H28N2O3. The number of hydrogen-bond donors (Lipinski definition) is 1. The van der Waals surface area contributed by atoms with Gasteiger partial charge in [0.15, 0.2) is 0 Å². The zero-order valence-corrected chi connectivity index (χ0v) is 14.0. The first-order valence-corrected chi connectivity index (χ1v) is 7.80. The van der Waals surface area contributed by atoms with Gasteiger partial charge >= 0.3 is 0 Å². The SMILES string of the molecule is CC1C(=O)NC(C(C)(C)C)C(=O)N1CC1CCC(C)(C)O1. The largest absolute Gasteiger partial charge is 0.371 e. The van der Waals surface area contributed by atoms with Crippen LogP contribution in [-0.4, -0.2) is 47.0 Å². The van der Waals surface area contributed by atoms with Crippen LogP contribution in [0.4, 0.5) is 0 Å². The first-order valence-electron chi connectivity index (χ1n) is 7.80. The van der Waals surface area contributed by atoms with Crippen molar-refractivity contribution in [3.8, 4) is 0 Å². The number of rotatable bonds is 2. The Balaban J connectivity index is 2.12. The van der Waals surface area contributed by atoms with E-state index in [0.29, 0.717) is 6.54 Å². The van der Waals surface area contributed by atoms with Gasteiger partial charge in [-0.25, -0.2) is 0 Å². The van der Waals surface area contributed by atoms with Crippen LogP contribution in [0.3, 0.4) is 0 Å². The number of hydrogen-bond acceptors (Lipinski definition) is 3. The summed E-state index contributed by atoms with van der Waals surface area (Å²) in [5.41, 5.74) is -0.417. The summed E-state index contributed by atoms with van der Waals surface area (Å²) in [6, 6.07) is -0.890. The topological polar surface area (TPSA) is 58.6 Å². The highest BCUT2D eigenvalue weighted by molar-refractivity contribution is 5.97. The molecule has 5 heteroatoms. The minimum Gasteiger partial charge on any atom is -0.371 e. The Kier molecular flexibility index (Phi) is 4.08. The van der Waals surface area contributed by atoms with Gasteiger partial charge in [0.1, 0.15) is 12.1 Å². The Labute approximate surface area is 127 Å². The highest BCUT2D eigenvalue weighted by Crippen LogP contribution is 2.31. The molecule has 2 heterocycles. The summed E-state index contributed by atoms with van der Waals surface area (Å²) >= 11 is 0. The lowest BCUT2D eigenvalue weighted by molar-refractivity contribution is -0.154. The standard InChI is InChI=1S/C16H28N2O3/c1-10-13(19)17-12(15(2,3)4)14(20)18(10)9-11-7-8-16(5,6)21-11/h10-12H,7-9H2,1-6H3,(H,17,19). The van der Waals surface area contributed by atoms with Gasteiger partial charge in [-0.05, 0) is 39.0 Å². The predicted octanol–water partition coefficient (Wildman–Crippen LogP) is 1.71. The second-order valence-corrected chi connectivity index (χ2v) is 8.01. The molecule has 2 rings (SSSR count). The zero-order valence-electron chi connectivity index (χ0n) is 14.0. The molecular weight excluding hydrogens is 268 g/mol. The van der Waals surface area contributed by atoms with Crippen molar-refractivity contribution in [2.75, 3.05) is 6.54 Å². The van der Waals surface area contributed by atoms with Gasteiger partial charge in [0.25, 0.3) is 0 Å². The lowest BCUT2D eigenvalue weighted by Crippen LogP contribution is -2.66. The summed E-state index contributed by atoms with van der Waals surface area (Å²) in [4.78, 5) is 26.6. The molecule has 0 aromatic heterocycles. The molecule has 0 aliphatic carbocycles. The molecule has 5 nitrogen and oxygen atoms in total. The van der Waals surface area contributed by atoms with E-state index < -0.39 is 12.1 Å². The molecule has 2 aliphatic heterocycles. The average molecular weight is 296 g/mol. The Bertz CT molecular complexity index is 439. The van der Waals surface area contributed by atoms with Gasteiger partial charge in [-0.3, -0.25) is 9.59 Å². The Morgan fingerprint density at radius 1 is 1.33 bits per heavy atom. The molecule has 0 bridgehead atoms. The van der Waals surface area contributed by atoms with E-state index in [9.17, 15) is 9.59 Å². The number of ether oxygens (including phenoxy) is 1. The Morgan fingerprint density at radius 2 is 1.95 bits per heavy atom. The maximum Gasteiger partial charge on any atom is 0.246 e. The first kappa shape index (κ1) is 16.3. The van der Waals surface area contributed by atoms with Crippen LogP contribution in [0, 0.1) is 5.41 Å². The molecule has 3 unspecified atom stereocenters. The van der Waals surface area contributed by atoms with Gasteiger partial charge in [0.05, 0.1) is 11.7 Å². The van der Waals surface area contributed by atoms with E-state index in [0.717, 1.165) is 12.8 Å². The van der Waals surface area contributed by atoms with Crippen LogP contribution in [0.1, 0.15) is 54.4 Å². The number of nitrogens with one attached hydrogen (secondary N) is 1. The third-order valence-corrected chi connectivity index (χ3v) is 4.48. The minimum absolute atomic E-state index is 0.00269. The molecule has 0 saturated carbocycles. The van der Waals surface area contributed by atoms with Crippen LogP contribution in [0.5, 0.6) is 0 Å². The smallest absolute Gasteiger partial charge is 0.246 e. The molecule has 3 atom stereocenters. The fourth-order valence-electron chi connectivity index (χ4n) is 3.08. The summed E-state index contributed by atoms with van der Waals surface area (Å²) < 4.78 is 5.98. The number of nitrogens with zero attached hydrogens (tertiary/aromatic N) is 1. The normalized spacial score (nSPS) is 33.2. The van der Waals surface area contributed by atoms with Crippen molar-refractivity contribution < 1.29 is 14.3 Å². The number of piperazine rings is 1. The Hall–Kier alpha value is -1.10. The van der Waals surface area contributed by atoms with E-state index >= 15 is 0 Å². The van der Waals surface area contributed by atoms with Crippen molar-refractivity contribution in [2.24, 2.45) is 5.41 Å². The van der Waals surface area contributed by atoms with E-state index in [2.05, 4.69) is 19.2 Å². The number of carbonyl (C=O) groups is 2. The van der Waals surface area contributed by atoms with Gasteiger partial charge < -0.3 is 15.0 Å². The third kappa shape index (κ3) is 3.39. The van der Waals surface area contributed by atoms with E-state index in [1.807, 2.05) is 20.8 Å².